The highest BCUT2D eigenvalue weighted by atomic mass is 15.3. The molecular weight excluding hydrogens is 240 g/mol. The van der Waals surface area contributed by atoms with E-state index in [0.29, 0.717) is 18.3 Å². The van der Waals surface area contributed by atoms with Gasteiger partial charge < -0.3 is 0 Å². The van der Waals surface area contributed by atoms with E-state index in [4.69, 9.17) is 5.84 Å². The van der Waals surface area contributed by atoms with Gasteiger partial charge in [-0.15, -0.1) is 0 Å². The number of nitrogens with one attached hydrogen (secondary N) is 1. The van der Waals surface area contributed by atoms with Gasteiger partial charge in [0.15, 0.2) is 0 Å². The van der Waals surface area contributed by atoms with Gasteiger partial charge in [-0.05, 0) is 25.5 Å². The lowest BCUT2D eigenvalue weighted by Gasteiger charge is -2.13. The van der Waals surface area contributed by atoms with Crippen LogP contribution in [0.25, 0.3) is 0 Å². The highest BCUT2D eigenvalue weighted by Gasteiger charge is 2.15. The largest absolute Gasteiger partial charge is 0.271 e. The van der Waals surface area contributed by atoms with E-state index in [0.717, 1.165) is 12.1 Å². The predicted octanol–water partition coefficient (Wildman–Crippen LogP) is 1.39. The molecule has 0 aliphatic rings. The van der Waals surface area contributed by atoms with E-state index in [2.05, 4.69) is 34.3 Å². The molecule has 6 nitrogen and oxygen atoms in total. The van der Waals surface area contributed by atoms with Crippen LogP contribution in [-0.4, -0.2) is 19.7 Å². The van der Waals surface area contributed by atoms with Crippen molar-refractivity contribution in [2.75, 3.05) is 0 Å². The lowest BCUT2D eigenvalue weighted by molar-refractivity contribution is 0.463. The third kappa shape index (κ3) is 3.36. The third-order valence-electron chi connectivity index (χ3n) is 3.22. The van der Waals surface area contributed by atoms with Gasteiger partial charge in [-0.2, -0.15) is 5.10 Å². The van der Waals surface area contributed by atoms with Crippen LogP contribution in [0.1, 0.15) is 43.9 Å². The molecule has 0 fully saturated rings. The summed E-state index contributed by atoms with van der Waals surface area (Å²) in [7, 11) is 0. The minimum atomic E-state index is -0.124. The Hall–Kier alpha value is -1.79. The molecule has 0 aliphatic carbocycles. The summed E-state index contributed by atoms with van der Waals surface area (Å²) in [6.07, 6.45) is 7.16. The van der Waals surface area contributed by atoms with Crippen LogP contribution in [0.5, 0.6) is 0 Å². The van der Waals surface area contributed by atoms with E-state index < -0.39 is 0 Å². The maximum absolute atomic E-state index is 5.58. The van der Waals surface area contributed by atoms with Crippen molar-refractivity contribution in [2.24, 2.45) is 5.84 Å². The van der Waals surface area contributed by atoms with Crippen LogP contribution < -0.4 is 11.3 Å². The molecule has 2 heterocycles. The van der Waals surface area contributed by atoms with Crippen molar-refractivity contribution in [1.82, 2.24) is 25.2 Å². The van der Waals surface area contributed by atoms with Gasteiger partial charge in [-0.25, -0.2) is 15.4 Å². The minimum Gasteiger partial charge on any atom is -0.271 e. The molecule has 0 aromatic carbocycles. The molecule has 0 radical (unpaired) electrons. The zero-order valence-electron chi connectivity index (χ0n) is 11.3. The molecule has 0 amide bonds. The molecule has 0 saturated carbocycles. The maximum atomic E-state index is 5.58. The van der Waals surface area contributed by atoms with Crippen LogP contribution in [0, 0.1) is 0 Å². The second kappa shape index (κ2) is 6.40. The number of hydrogen-bond donors (Lipinski definition) is 2. The number of nitrogens with two attached hydrogens (primary N) is 1. The Morgan fingerprint density at radius 3 is 2.74 bits per heavy atom. The number of rotatable bonds is 6. The number of aromatic nitrogens is 4. The molecule has 2 aromatic rings. The van der Waals surface area contributed by atoms with Gasteiger partial charge in [0.1, 0.15) is 5.82 Å². The molecule has 2 atom stereocenters. The second-order valence-electron chi connectivity index (χ2n) is 4.57. The summed E-state index contributed by atoms with van der Waals surface area (Å²) >= 11 is 0. The predicted molar refractivity (Wildman–Crippen MR) is 73.0 cm³/mol. The average molecular weight is 260 g/mol. The van der Waals surface area contributed by atoms with Crippen molar-refractivity contribution in [1.29, 1.82) is 0 Å². The molecule has 19 heavy (non-hydrogen) atoms. The number of hydrogen-bond acceptors (Lipinski definition) is 5. The Morgan fingerprint density at radius 2 is 2.11 bits per heavy atom. The zero-order chi connectivity index (χ0) is 13.7. The first-order chi connectivity index (χ1) is 9.24. The Kier molecular flexibility index (Phi) is 4.59. The number of nitrogens with zero attached hydrogens (tertiary/aromatic N) is 4. The lowest BCUT2D eigenvalue weighted by atomic mass is 10.1. The highest BCUT2D eigenvalue weighted by Crippen LogP contribution is 2.14. The SMILES string of the molecule is CCC(C)n1ccc(CC(NN)c2ncccn2)n1. The van der Waals surface area contributed by atoms with Crippen LogP contribution in [0.15, 0.2) is 30.7 Å². The molecule has 6 heteroatoms. The Bertz CT molecular complexity index is 495. The fourth-order valence-electron chi connectivity index (χ4n) is 1.84. The summed E-state index contributed by atoms with van der Waals surface area (Å²) in [5, 5.41) is 4.56. The number of hydrazine groups is 1. The molecule has 2 rings (SSSR count). The van der Waals surface area contributed by atoms with Gasteiger partial charge >= 0.3 is 0 Å². The van der Waals surface area contributed by atoms with E-state index in [9.17, 15) is 0 Å². The summed E-state index contributed by atoms with van der Waals surface area (Å²) in [5.74, 6) is 6.26. The van der Waals surface area contributed by atoms with Crippen LogP contribution >= 0.6 is 0 Å². The van der Waals surface area contributed by atoms with E-state index in [1.807, 2.05) is 16.9 Å². The van der Waals surface area contributed by atoms with Gasteiger partial charge in [0.25, 0.3) is 0 Å². The zero-order valence-corrected chi connectivity index (χ0v) is 11.3. The molecule has 3 N–H and O–H groups in total. The fourth-order valence-corrected chi connectivity index (χ4v) is 1.84. The van der Waals surface area contributed by atoms with E-state index in [1.165, 1.54) is 0 Å². The van der Waals surface area contributed by atoms with Gasteiger partial charge in [-0.1, -0.05) is 6.92 Å². The molecule has 0 saturated heterocycles. The van der Waals surface area contributed by atoms with Crippen LogP contribution in [0.4, 0.5) is 0 Å². The average Bonchev–Trinajstić information content (AvgIpc) is 2.93. The van der Waals surface area contributed by atoms with Crippen molar-refractivity contribution in [2.45, 2.75) is 38.8 Å². The Balaban J connectivity index is 2.09. The van der Waals surface area contributed by atoms with Crippen molar-refractivity contribution in [3.8, 4) is 0 Å². The molecule has 2 aromatic heterocycles. The monoisotopic (exact) mass is 260 g/mol. The van der Waals surface area contributed by atoms with E-state index in [-0.39, 0.29) is 6.04 Å². The molecule has 0 aliphatic heterocycles. The van der Waals surface area contributed by atoms with Crippen molar-refractivity contribution in [3.05, 3.63) is 42.2 Å². The van der Waals surface area contributed by atoms with Gasteiger partial charge in [-0.3, -0.25) is 10.5 Å². The van der Waals surface area contributed by atoms with Crippen molar-refractivity contribution >= 4 is 0 Å². The molecule has 102 valence electrons. The van der Waals surface area contributed by atoms with Crippen molar-refractivity contribution in [3.63, 3.8) is 0 Å². The lowest BCUT2D eigenvalue weighted by Crippen LogP contribution is -2.31. The quantitative estimate of drug-likeness (QED) is 0.606. The van der Waals surface area contributed by atoms with E-state index in [1.54, 1.807) is 18.5 Å². The van der Waals surface area contributed by atoms with Crippen LogP contribution in [0.2, 0.25) is 0 Å². The standard InChI is InChI=1S/C13H20N6/c1-3-10(2)19-8-5-11(18-19)9-12(17-14)13-15-6-4-7-16-13/h4-8,10,12,17H,3,9,14H2,1-2H3. The molecular formula is C13H20N6. The van der Waals surface area contributed by atoms with Crippen LogP contribution in [0.3, 0.4) is 0 Å². The Morgan fingerprint density at radius 1 is 1.37 bits per heavy atom. The minimum absolute atomic E-state index is 0.124. The molecule has 0 bridgehead atoms. The highest BCUT2D eigenvalue weighted by molar-refractivity contribution is 5.06. The third-order valence-corrected chi connectivity index (χ3v) is 3.22. The fraction of sp³-hybridized carbons (Fsp3) is 0.462. The summed E-state index contributed by atoms with van der Waals surface area (Å²) in [6, 6.07) is 4.08. The first-order valence-electron chi connectivity index (χ1n) is 6.51. The summed E-state index contributed by atoms with van der Waals surface area (Å²) in [6.45, 7) is 4.30. The smallest absolute Gasteiger partial charge is 0.146 e. The van der Waals surface area contributed by atoms with Gasteiger partial charge in [0, 0.05) is 31.1 Å². The normalized spacial score (nSPS) is 14.3. The van der Waals surface area contributed by atoms with Gasteiger partial charge in [0.05, 0.1) is 11.7 Å². The summed E-state index contributed by atoms with van der Waals surface area (Å²) in [4.78, 5) is 8.43. The maximum Gasteiger partial charge on any atom is 0.146 e. The Labute approximate surface area is 113 Å². The van der Waals surface area contributed by atoms with Crippen molar-refractivity contribution < 1.29 is 0 Å². The summed E-state index contributed by atoms with van der Waals surface area (Å²) in [5.41, 5.74) is 3.73. The van der Waals surface area contributed by atoms with Crippen LogP contribution in [-0.2, 0) is 6.42 Å². The second-order valence-corrected chi connectivity index (χ2v) is 4.57. The van der Waals surface area contributed by atoms with Gasteiger partial charge in [0.2, 0.25) is 0 Å². The molecule has 0 spiro atoms. The topological polar surface area (TPSA) is 81.7 Å². The first-order valence-corrected chi connectivity index (χ1v) is 6.51. The molecule has 2 unspecified atom stereocenters. The first kappa shape index (κ1) is 13.6. The van der Waals surface area contributed by atoms with E-state index >= 15 is 0 Å². The summed E-state index contributed by atoms with van der Waals surface area (Å²) < 4.78 is 1.98.